The number of piperidine rings is 1. The number of fused-ring (bicyclic) bond motifs is 3. The van der Waals surface area contributed by atoms with E-state index in [-0.39, 0.29) is 22.9 Å². The number of hydrogen-bond acceptors (Lipinski definition) is 7. The third-order valence-corrected chi connectivity index (χ3v) is 12.4. The summed E-state index contributed by atoms with van der Waals surface area (Å²) in [6.07, 6.45) is 20.8. The van der Waals surface area contributed by atoms with E-state index >= 15 is 0 Å². The molecule has 5 rings (SSSR count). The quantitative estimate of drug-likeness (QED) is 0.0688. The third-order valence-electron chi connectivity index (χ3n) is 11.5. The second-order valence-electron chi connectivity index (χ2n) is 15.3. The van der Waals surface area contributed by atoms with E-state index in [0.717, 1.165) is 66.8 Å². The van der Waals surface area contributed by atoms with Gasteiger partial charge in [0.05, 0.1) is 17.6 Å². The summed E-state index contributed by atoms with van der Waals surface area (Å²) in [5.41, 5.74) is 2.50. The van der Waals surface area contributed by atoms with Gasteiger partial charge in [-0.2, -0.15) is 8.42 Å². The maximum absolute atomic E-state index is 12.3. The number of nitrogens with zero attached hydrogens (tertiary/aromatic N) is 1. The molecule has 0 spiro atoms. The minimum absolute atomic E-state index is 0.0970. The van der Waals surface area contributed by atoms with Crippen molar-refractivity contribution in [2.75, 3.05) is 14.2 Å². The molecule has 9 heteroatoms. The molecule has 2 saturated heterocycles. The first-order valence-corrected chi connectivity index (χ1v) is 22.1. The lowest BCUT2D eigenvalue weighted by molar-refractivity contribution is -0.156. The minimum Gasteiger partial charge on any atom is -0.469 e. The standard InChI is InChI=1S/C28H44O3S.C17H21NO4/c1-3-5-7-9-11-13-15-21-26-25-20-18-17-19-24(25)23-28(32(29,30)31)27(26)22-16-14-12-10-8-6-4-2;1-18-12-8-9-13(18)15(17(20)21-2)14(10-12)22-16(19)11-6-4-3-5-7-11/h17-20,23H,3-16,21-22H2,1-2H3,(H,29,30,31);3-7,12-15H,8-10H2,1-2H3/t;12-,13-,14?,15?/m.1/s1. The molecule has 298 valence electrons. The molecule has 54 heavy (non-hydrogen) atoms. The van der Waals surface area contributed by atoms with Crippen molar-refractivity contribution in [1.29, 1.82) is 0 Å². The molecular formula is C45H65NO7S. The van der Waals surface area contributed by atoms with Gasteiger partial charge in [0.25, 0.3) is 10.1 Å². The van der Waals surface area contributed by atoms with Crippen molar-refractivity contribution >= 4 is 32.8 Å². The maximum Gasteiger partial charge on any atom is 0.338 e. The van der Waals surface area contributed by atoms with Crippen molar-refractivity contribution < 1.29 is 32.0 Å². The van der Waals surface area contributed by atoms with E-state index in [1.54, 1.807) is 30.3 Å². The summed E-state index contributed by atoms with van der Waals surface area (Å²) in [4.78, 5) is 26.8. The predicted molar refractivity (Wildman–Crippen MR) is 217 cm³/mol. The van der Waals surface area contributed by atoms with Crippen LogP contribution in [0.1, 0.15) is 144 Å². The Morgan fingerprint density at radius 3 is 1.91 bits per heavy atom. The highest BCUT2D eigenvalue weighted by Crippen LogP contribution is 2.40. The zero-order valence-corrected chi connectivity index (χ0v) is 34.1. The first kappa shape index (κ1) is 43.5. The van der Waals surface area contributed by atoms with Crippen molar-refractivity contribution in [2.45, 2.75) is 159 Å². The predicted octanol–water partition coefficient (Wildman–Crippen LogP) is 10.5. The number of carbonyl (C=O) groups is 2. The first-order valence-electron chi connectivity index (χ1n) is 20.7. The van der Waals surface area contributed by atoms with Crippen LogP contribution in [0.2, 0.25) is 0 Å². The topological polar surface area (TPSA) is 110 Å². The van der Waals surface area contributed by atoms with Gasteiger partial charge in [-0.1, -0.05) is 133 Å². The smallest absolute Gasteiger partial charge is 0.338 e. The normalized spacial score (nSPS) is 19.6. The fourth-order valence-corrected chi connectivity index (χ4v) is 9.32. The van der Waals surface area contributed by atoms with Gasteiger partial charge in [-0.3, -0.25) is 14.2 Å². The molecule has 1 N–H and O–H groups in total. The lowest BCUT2D eigenvalue weighted by Gasteiger charge is -2.40. The van der Waals surface area contributed by atoms with Crippen LogP contribution in [0, 0.1) is 5.92 Å². The summed E-state index contributed by atoms with van der Waals surface area (Å²) >= 11 is 0. The minimum atomic E-state index is -4.25. The fourth-order valence-electron chi connectivity index (χ4n) is 8.51. The summed E-state index contributed by atoms with van der Waals surface area (Å²) in [7, 11) is -0.824. The first-order chi connectivity index (χ1) is 26.1. The number of ether oxygens (including phenoxy) is 2. The Kier molecular flexibility index (Phi) is 18.0. The van der Waals surface area contributed by atoms with Crippen LogP contribution in [0.3, 0.4) is 0 Å². The lowest BCUT2D eigenvalue weighted by atomic mass is 9.87. The molecule has 2 unspecified atom stereocenters. The van der Waals surface area contributed by atoms with E-state index in [1.165, 1.54) is 77.7 Å². The Balaban J connectivity index is 0.000000256. The number of aryl methyl sites for hydroxylation is 1. The van der Waals surface area contributed by atoms with E-state index in [9.17, 15) is 22.6 Å². The molecule has 3 aromatic rings. The van der Waals surface area contributed by atoms with Gasteiger partial charge in [0.15, 0.2) is 0 Å². The summed E-state index contributed by atoms with van der Waals surface area (Å²) in [6.45, 7) is 4.46. The fraction of sp³-hybridized carbons (Fsp3) is 0.600. The van der Waals surface area contributed by atoms with Gasteiger partial charge >= 0.3 is 11.9 Å². The highest BCUT2D eigenvalue weighted by atomic mass is 32.2. The molecule has 2 fully saturated rings. The van der Waals surface area contributed by atoms with Crippen LogP contribution in [0.15, 0.2) is 65.6 Å². The van der Waals surface area contributed by atoms with Crippen LogP contribution in [-0.4, -0.2) is 62.2 Å². The number of methoxy groups -OCH3 is 1. The summed E-state index contributed by atoms with van der Waals surface area (Å²) in [6, 6.07) is 19.1. The second kappa shape index (κ2) is 22.3. The maximum atomic E-state index is 12.3. The van der Waals surface area contributed by atoms with E-state index in [4.69, 9.17) is 9.47 Å². The molecule has 0 radical (unpaired) electrons. The Hall–Kier alpha value is -3.27. The molecule has 2 heterocycles. The SMILES string of the molecule is CCCCCCCCCc1c(S(=O)(=O)O)cc2ccccc2c1CCCCCCCCC.COC(=O)C1C(OC(=O)c2ccccc2)C[C@H]2CC[C@H]1N2C. The average molecular weight is 764 g/mol. The monoisotopic (exact) mass is 763 g/mol. The summed E-state index contributed by atoms with van der Waals surface area (Å²) in [5, 5.41) is 2.05. The summed E-state index contributed by atoms with van der Waals surface area (Å²) in [5.74, 6) is -1.06. The van der Waals surface area contributed by atoms with Crippen LogP contribution in [0.5, 0.6) is 0 Å². The van der Waals surface area contributed by atoms with E-state index < -0.39 is 22.1 Å². The molecule has 0 amide bonds. The van der Waals surface area contributed by atoms with Gasteiger partial charge in [0.2, 0.25) is 0 Å². The molecule has 3 aromatic carbocycles. The zero-order chi connectivity index (χ0) is 38.9. The molecule has 2 bridgehead atoms. The number of hydrogen-bond donors (Lipinski definition) is 1. The van der Waals surface area contributed by atoms with Crippen LogP contribution < -0.4 is 0 Å². The third kappa shape index (κ3) is 12.4. The highest BCUT2D eigenvalue weighted by Gasteiger charge is 2.51. The molecule has 0 saturated carbocycles. The van der Waals surface area contributed by atoms with Crippen molar-refractivity contribution in [2.24, 2.45) is 5.92 Å². The molecule has 2 aliphatic rings. The second-order valence-corrected chi connectivity index (χ2v) is 16.7. The van der Waals surface area contributed by atoms with Crippen molar-refractivity contribution in [3.05, 3.63) is 77.4 Å². The zero-order valence-electron chi connectivity index (χ0n) is 33.3. The van der Waals surface area contributed by atoms with Crippen LogP contribution in [0.25, 0.3) is 10.8 Å². The van der Waals surface area contributed by atoms with E-state index in [0.29, 0.717) is 18.0 Å². The van der Waals surface area contributed by atoms with Gasteiger partial charge in [-0.15, -0.1) is 0 Å². The van der Waals surface area contributed by atoms with Gasteiger partial charge < -0.3 is 9.47 Å². The number of carbonyl (C=O) groups excluding carboxylic acids is 2. The van der Waals surface area contributed by atoms with Crippen LogP contribution in [0.4, 0.5) is 0 Å². The Labute approximate surface area is 325 Å². The number of esters is 2. The van der Waals surface area contributed by atoms with Gasteiger partial charge in [-0.25, -0.2) is 4.79 Å². The van der Waals surface area contributed by atoms with E-state index in [1.807, 2.05) is 31.3 Å². The van der Waals surface area contributed by atoms with Crippen molar-refractivity contribution in [3.8, 4) is 0 Å². The van der Waals surface area contributed by atoms with Crippen LogP contribution >= 0.6 is 0 Å². The number of unbranched alkanes of at least 4 members (excludes halogenated alkanes) is 12. The molecule has 8 nitrogen and oxygen atoms in total. The number of rotatable bonds is 20. The summed E-state index contributed by atoms with van der Waals surface area (Å²) < 4.78 is 45.2. The number of benzene rings is 3. The Morgan fingerprint density at radius 2 is 1.31 bits per heavy atom. The van der Waals surface area contributed by atoms with E-state index in [2.05, 4.69) is 24.8 Å². The van der Waals surface area contributed by atoms with Gasteiger partial charge in [0.1, 0.15) is 12.0 Å². The molecule has 4 atom stereocenters. The van der Waals surface area contributed by atoms with Crippen molar-refractivity contribution in [3.63, 3.8) is 0 Å². The Bertz CT molecular complexity index is 1710. The largest absolute Gasteiger partial charge is 0.469 e. The Morgan fingerprint density at radius 1 is 0.759 bits per heavy atom. The molecule has 0 aromatic heterocycles. The van der Waals surface area contributed by atoms with Gasteiger partial charge in [-0.05, 0) is 85.7 Å². The lowest BCUT2D eigenvalue weighted by Crippen LogP contribution is -2.53. The average Bonchev–Trinajstić information content (AvgIpc) is 3.40. The van der Waals surface area contributed by atoms with Crippen LogP contribution in [-0.2, 0) is 37.2 Å². The molecular weight excluding hydrogens is 699 g/mol. The van der Waals surface area contributed by atoms with Crippen molar-refractivity contribution in [1.82, 2.24) is 4.90 Å². The molecule has 2 aliphatic heterocycles. The molecule has 0 aliphatic carbocycles. The van der Waals surface area contributed by atoms with Gasteiger partial charge in [0, 0.05) is 18.5 Å². The highest BCUT2D eigenvalue weighted by molar-refractivity contribution is 7.85.